The minimum atomic E-state index is -0.128. The molecule has 0 aliphatic heterocycles. The van der Waals surface area contributed by atoms with Gasteiger partial charge in [0.05, 0.1) is 5.69 Å². The lowest BCUT2D eigenvalue weighted by molar-refractivity contribution is 0.660. The first-order valence-corrected chi connectivity index (χ1v) is 18.3. The Labute approximate surface area is 310 Å². The van der Waals surface area contributed by atoms with Gasteiger partial charge in [0.15, 0.2) is 0 Å². The molecule has 53 heavy (non-hydrogen) atoms. The summed E-state index contributed by atoms with van der Waals surface area (Å²) in [6.07, 6.45) is 0. The van der Waals surface area contributed by atoms with Gasteiger partial charge in [0.1, 0.15) is 11.2 Å². The average Bonchev–Trinajstić information content (AvgIpc) is 3.70. The molecule has 8 aromatic carbocycles. The van der Waals surface area contributed by atoms with Crippen LogP contribution in [0.2, 0.25) is 0 Å². The maximum absolute atomic E-state index is 6.40. The molecule has 0 bridgehead atoms. The van der Waals surface area contributed by atoms with Crippen molar-refractivity contribution in [1.29, 1.82) is 0 Å². The lowest BCUT2D eigenvalue weighted by Gasteiger charge is -2.31. The molecule has 1 aromatic heterocycles. The van der Waals surface area contributed by atoms with Crippen LogP contribution in [0.1, 0.15) is 25.0 Å². The van der Waals surface area contributed by atoms with Crippen molar-refractivity contribution < 1.29 is 4.42 Å². The predicted molar refractivity (Wildman–Crippen MR) is 222 cm³/mol. The first-order chi connectivity index (χ1) is 26.0. The summed E-state index contributed by atoms with van der Waals surface area (Å²) in [5.74, 6) is 0. The van der Waals surface area contributed by atoms with E-state index in [4.69, 9.17) is 4.42 Å². The maximum atomic E-state index is 6.40. The highest BCUT2D eigenvalue weighted by Gasteiger charge is 2.36. The Bertz CT molecular complexity index is 2790. The van der Waals surface area contributed by atoms with Crippen LogP contribution in [0.25, 0.3) is 66.4 Å². The molecule has 10 rings (SSSR count). The van der Waals surface area contributed by atoms with Gasteiger partial charge in [-0.1, -0.05) is 153 Å². The summed E-state index contributed by atoms with van der Waals surface area (Å²) in [7, 11) is 0. The predicted octanol–water partition coefficient (Wildman–Crippen LogP) is 14.4. The van der Waals surface area contributed by atoms with Crippen molar-refractivity contribution in [2.45, 2.75) is 19.3 Å². The summed E-state index contributed by atoms with van der Waals surface area (Å²) in [6, 6.07) is 67.9. The van der Waals surface area contributed by atoms with Gasteiger partial charge >= 0.3 is 0 Å². The molecule has 2 heteroatoms. The first kappa shape index (κ1) is 31.1. The van der Waals surface area contributed by atoms with Gasteiger partial charge in [0, 0.05) is 33.1 Å². The molecular weight excluding hydrogens is 643 g/mol. The third-order valence-electron chi connectivity index (χ3n) is 11.1. The van der Waals surface area contributed by atoms with Crippen LogP contribution in [0.15, 0.2) is 192 Å². The van der Waals surface area contributed by atoms with Gasteiger partial charge in [0.2, 0.25) is 0 Å². The van der Waals surface area contributed by atoms with Crippen LogP contribution in [0.5, 0.6) is 0 Å². The molecular formula is C51H37NO. The molecule has 252 valence electrons. The Morgan fingerprint density at radius 2 is 1.00 bits per heavy atom. The van der Waals surface area contributed by atoms with E-state index in [9.17, 15) is 0 Å². The highest BCUT2D eigenvalue weighted by atomic mass is 16.3. The summed E-state index contributed by atoms with van der Waals surface area (Å²) in [5, 5.41) is 2.27. The van der Waals surface area contributed by atoms with E-state index >= 15 is 0 Å². The van der Waals surface area contributed by atoms with Crippen molar-refractivity contribution in [3.8, 4) is 44.5 Å². The van der Waals surface area contributed by atoms with Crippen LogP contribution < -0.4 is 4.90 Å². The van der Waals surface area contributed by atoms with Crippen LogP contribution in [0.3, 0.4) is 0 Å². The molecule has 0 amide bonds. The summed E-state index contributed by atoms with van der Waals surface area (Å²) in [5.41, 5.74) is 17.3. The Kier molecular flexibility index (Phi) is 7.19. The summed E-state index contributed by atoms with van der Waals surface area (Å²) < 4.78 is 6.40. The Morgan fingerprint density at radius 1 is 0.396 bits per heavy atom. The van der Waals surface area contributed by atoms with Crippen LogP contribution >= 0.6 is 0 Å². The summed E-state index contributed by atoms with van der Waals surface area (Å²) in [4.78, 5) is 2.44. The van der Waals surface area contributed by atoms with Gasteiger partial charge in [0.25, 0.3) is 0 Å². The fourth-order valence-electron chi connectivity index (χ4n) is 8.46. The molecule has 0 saturated carbocycles. The molecule has 1 heterocycles. The molecule has 2 nitrogen and oxygen atoms in total. The normalized spacial score (nSPS) is 12.9. The highest BCUT2D eigenvalue weighted by molar-refractivity contribution is 6.07. The number of nitrogens with zero attached hydrogens (tertiary/aromatic N) is 1. The van der Waals surface area contributed by atoms with Gasteiger partial charge in [-0.2, -0.15) is 0 Å². The summed E-state index contributed by atoms with van der Waals surface area (Å²) in [6.45, 7) is 4.70. The second kappa shape index (κ2) is 12.3. The molecule has 1 aliphatic rings. The lowest BCUT2D eigenvalue weighted by Crippen LogP contribution is -2.17. The fraction of sp³-hybridized carbons (Fsp3) is 0.0588. The zero-order chi connectivity index (χ0) is 35.5. The molecule has 0 radical (unpaired) electrons. The standard InChI is InChI=1S/C51H37NO/c1-51(2)45-21-11-9-18-41(45)42-31-29-39(33-46(42)51)52(38-27-24-35(25-28-38)34-14-5-3-6-15-34)47-22-13-20-40(50(47)36-16-7-4-8-17-36)37-26-30-44-43-19-10-12-23-48(43)53-49(44)32-37/h3-33H,1-2H3. The quantitative estimate of drug-likeness (QED) is 0.174. The minimum absolute atomic E-state index is 0.128. The monoisotopic (exact) mass is 679 g/mol. The number of hydrogen-bond donors (Lipinski definition) is 0. The molecule has 0 fully saturated rings. The van der Waals surface area contributed by atoms with Crippen molar-refractivity contribution in [2.24, 2.45) is 0 Å². The van der Waals surface area contributed by atoms with Gasteiger partial charge < -0.3 is 9.32 Å². The van der Waals surface area contributed by atoms with E-state index in [-0.39, 0.29) is 5.41 Å². The minimum Gasteiger partial charge on any atom is -0.456 e. The molecule has 0 unspecified atom stereocenters. The molecule has 0 N–H and O–H groups in total. The van der Waals surface area contributed by atoms with Crippen molar-refractivity contribution in [2.75, 3.05) is 4.90 Å². The van der Waals surface area contributed by atoms with Crippen LogP contribution in [-0.2, 0) is 5.41 Å². The summed E-state index contributed by atoms with van der Waals surface area (Å²) >= 11 is 0. The lowest BCUT2D eigenvalue weighted by atomic mass is 9.82. The third-order valence-corrected chi connectivity index (χ3v) is 11.1. The van der Waals surface area contributed by atoms with Crippen LogP contribution in [-0.4, -0.2) is 0 Å². The van der Waals surface area contributed by atoms with Gasteiger partial charge in [-0.25, -0.2) is 0 Å². The van der Waals surface area contributed by atoms with E-state index < -0.39 is 0 Å². The van der Waals surface area contributed by atoms with E-state index in [1.54, 1.807) is 0 Å². The SMILES string of the molecule is CC1(C)c2ccccc2-c2ccc(N(c3ccc(-c4ccccc4)cc3)c3cccc(-c4ccc5c(c4)oc4ccccc45)c3-c3ccccc3)cc21. The van der Waals surface area contributed by atoms with Gasteiger partial charge in [-0.3, -0.25) is 0 Å². The number of hydrogen-bond acceptors (Lipinski definition) is 2. The van der Waals surface area contributed by atoms with E-state index in [1.807, 2.05) is 12.1 Å². The van der Waals surface area contributed by atoms with Crippen LogP contribution in [0, 0.1) is 0 Å². The Hall–Kier alpha value is -6.64. The van der Waals surface area contributed by atoms with Gasteiger partial charge in [-0.05, 0) is 98.6 Å². The molecule has 0 spiro atoms. The fourth-order valence-corrected chi connectivity index (χ4v) is 8.46. The number of furan rings is 1. The third kappa shape index (κ3) is 5.10. The smallest absolute Gasteiger partial charge is 0.136 e. The highest BCUT2D eigenvalue weighted by Crippen LogP contribution is 2.52. The van der Waals surface area contributed by atoms with Crippen molar-refractivity contribution in [1.82, 2.24) is 0 Å². The molecule has 9 aromatic rings. The van der Waals surface area contributed by atoms with E-state index in [1.165, 1.54) is 38.9 Å². The molecule has 0 saturated heterocycles. The van der Waals surface area contributed by atoms with Crippen molar-refractivity contribution >= 4 is 39.0 Å². The second-order valence-electron chi connectivity index (χ2n) is 14.5. The zero-order valence-electron chi connectivity index (χ0n) is 29.8. The van der Waals surface area contributed by atoms with Crippen LogP contribution in [0.4, 0.5) is 17.1 Å². The second-order valence-corrected chi connectivity index (χ2v) is 14.5. The average molecular weight is 680 g/mol. The van der Waals surface area contributed by atoms with E-state index in [0.717, 1.165) is 55.7 Å². The number of rotatable bonds is 6. The number of anilines is 3. The number of para-hydroxylation sites is 1. The number of fused-ring (bicyclic) bond motifs is 6. The largest absolute Gasteiger partial charge is 0.456 e. The molecule has 0 atom stereocenters. The van der Waals surface area contributed by atoms with Crippen molar-refractivity contribution in [3.63, 3.8) is 0 Å². The topological polar surface area (TPSA) is 16.4 Å². The van der Waals surface area contributed by atoms with Crippen molar-refractivity contribution in [3.05, 3.63) is 199 Å². The Morgan fingerprint density at radius 3 is 1.81 bits per heavy atom. The van der Waals surface area contributed by atoms with E-state index in [0.29, 0.717) is 0 Å². The van der Waals surface area contributed by atoms with E-state index in [2.05, 4.69) is 195 Å². The maximum Gasteiger partial charge on any atom is 0.136 e. The number of benzene rings is 8. The first-order valence-electron chi connectivity index (χ1n) is 18.3. The zero-order valence-corrected chi connectivity index (χ0v) is 29.8. The van der Waals surface area contributed by atoms with Gasteiger partial charge in [-0.15, -0.1) is 0 Å². The molecule has 1 aliphatic carbocycles. The Balaban J connectivity index is 1.21.